The maximum atomic E-state index is 5.61. The Hall–Kier alpha value is -3.81. The number of hydrogen-bond donors (Lipinski definition) is 1. The molecule has 2 N–H and O–H groups in total. The first-order valence-corrected chi connectivity index (χ1v) is 9.94. The van der Waals surface area contributed by atoms with Crippen LogP contribution >= 0.6 is 0 Å². The Bertz CT molecular complexity index is 1170. The second-order valence-corrected chi connectivity index (χ2v) is 7.76. The molecule has 4 aromatic rings. The standard InChI is InChI=1S/C23H24N6O2/c1-14(2)23(3,17-7-5-15(6-8-17)16-11-26-22(24)27-12-16)21-28-20(31-29-21)18-13-25-10-9-19(18)30-4/h5-14H,1-4H3,(H2,24,26,27). The van der Waals surface area contributed by atoms with Gasteiger partial charge in [-0.15, -0.1) is 0 Å². The number of ether oxygens (including phenoxy) is 1. The minimum atomic E-state index is -0.465. The highest BCUT2D eigenvalue weighted by atomic mass is 16.5. The van der Waals surface area contributed by atoms with Crippen LogP contribution in [0.25, 0.3) is 22.6 Å². The summed E-state index contributed by atoms with van der Waals surface area (Å²) in [6, 6.07) is 9.99. The fraction of sp³-hybridized carbons (Fsp3) is 0.261. The molecule has 0 saturated carbocycles. The molecule has 0 aliphatic carbocycles. The van der Waals surface area contributed by atoms with Crippen molar-refractivity contribution in [2.45, 2.75) is 26.2 Å². The van der Waals surface area contributed by atoms with E-state index in [1.54, 1.807) is 38.0 Å². The van der Waals surface area contributed by atoms with E-state index in [1.165, 1.54) is 0 Å². The van der Waals surface area contributed by atoms with Crippen LogP contribution in [0.5, 0.6) is 5.75 Å². The zero-order valence-electron chi connectivity index (χ0n) is 17.9. The van der Waals surface area contributed by atoms with Crippen molar-refractivity contribution in [3.63, 3.8) is 0 Å². The fourth-order valence-electron chi connectivity index (χ4n) is 3.48. The molecule has 0 spiro atoms. The van der Waals surface area contributed by atoms with E-state index in [2.05, 4.69) is 53.0 Å². The highest BCUT2D eigenvalue weighted by molar-refractivity contribution is 5.63. The molecule has 158 valence electrons. The van der Waals surface area contributed by atoms with Crippen LogP contribution in [0.1, 0.15) is 32.2 Å². The van der Waals surface area contributed by atoms with Gasteiger partial charge in [0, 0.05) is 30.4 Å². The molecule has 0 amide bonds. The molecule has 31 heavy (non-hydrogen) atoms. The summed E-state index contributed by atoms with van der Waals surface area (Å²) in [5, 5.41) is 4.32. The topological polar surface area (TPSA) is 113 Å². The Labute approximate surface area is 180 Å². The van der Waals surface area contributed by atoms with Crippen molar-refractivity contribution in [3.8, 4) is 28.3 Å². The van der Waals surface area contributed by atoms with Gasteiger partial charge in [0.2, 0.25) is 5.95 Å². The Morgan fingerprint density at radius 3 is 2.35 bits per heavy atom. The first kappa shape index (κ1) is 20.5. The second-order valence-electron chi connectivity index (χ2n) is 7.76. The van der Waals surface area contributed by atoms with E-state index in [9.17, 15) is 0 Å². The molecule has 0 aliphatic rings. The van der Waals surface area contributed by atoms with Crippen molar-refractivity contribution in [1.29, 1.82) is 0 Å². The molecule has 4 rings (SSSR count). The number of methoxy groups -OCH3 is 1. The molecule has 1 unspecified atom stereocenters. The van der Waals surface area contributed by atoms with Crippen LogP contribution < -0.4 is 10.5 Å². The minimum Gasteiger partial charge on any atom is -0.496 e. The van der Waals surface area contributed by atoms with E-state index in [0.29, 0.717) is 23.0 Å². The number of hydrogen-bond acceptors (Lipinski definition) is 8. The Kier molecular flexibility index (Phi) is 5.37. The average molecular weight is 416 g/mol. The monoisotopic (exact) mass is 416 g/mol. The molecular formula is C23H24N6O2. The molecule has 3 heterocycles. The predicted octanol–water partition coefficient (Wildman–Crippen LogP) is 4.14. The van der Waals surface area contributed by atoms with Gasteiger partial charge >= 0.3 is 0 Å². The molecule has 0 bridgehead atoms. The van der Waals surface area contributed by atoms with Gasteiger partial charge in [-0.2, -0.15) is 4.98 Å². The molecule has 1 atom stereocenters. The Morgan fingerprint density at radius 2 is 1.71 bits per heavy atom. The number of nitrogen functional groups attached to an aromatic ring is 1. The van der Waals surface area contributed by atoms with E-state index in [4.69, 9.17) is 20.0 Å². The van der Waals surface area contributed by atoms with Crippen LogP contribution in [0.2, 0.25) is 0 Å². The van der Waals surface area contributed by atoms with Gasteiger partial charge < -0.3 is 15.0 Å². The number of anilines is 1. The summed E-state index contributed by atoms with van der Waals surface area (Å²) in [6.45, 7) is 6.40. The van der Waals surface area contributed by atoms with Crippen molar-refractivity contribution in [3.05, 3.63) is 66.5 Å². The zero-order chi connectivity index (χ0) is 22.0. The average Bonchev–Trinajstić information content (AvgIpc) is 3.29. The molecule has 0 radical (unpaired) electrons. The lowest BCUT2D eigenvalue weighted by Gasteiger charge is -2.31. The lowest BCUT2D eigenvalue weighted by molar-refractivity contribution is 0.350. The normalized spacial score (nSPS) is 13.2. The van der Waals surface area contributed by atoms with Crippen LogP contribution in [0.15, 0.2) is 59.6 Å². The van der Waals surface area contributed by atoms with Gasteiger partial charge in [0.05, 0.1) is 12.5 Å². The molecule has 8 nitrogen and oxygen atoms in total. The van der Waals surface area contributed by atoms with Gasteiger partial charge in [0.25, 0.3) is 5.89 Å². The molecule has 0 aliphatic heterocycles. The first-order chi connectivity index (χ1) is 14.9. The van der Waals surface area contributed by atoms with Crippen LogP contribution in [-0.2, 0) is 5.41 Å². The zero-order valence-corrected chi connectivity index (χ0v) is 17.9. The molecule has 0 saturated heterocycles. The number of aromatic nitrogens is 5. The van der Waals surface area contributed by atoms with Gasteiger partial charge in [-0.05, 0) is 30.0 Å². The van der Waals surface area contributed by atoms with Crippen molar-refractivity contribution in [2.24, 2.45) is 5.92 Å². The van der Waals surface area contributed by atoms with Crippen molar-refractivity contribution >= 4 is 5.95 Å². The number of rotatable bonds is 6. The molecule has 3 aromatic heterocycles. The summed E-state index contributed by atoms with van der Waals surface area (Å²) in [6.07, 6.45) is 6.75. The van der Waals surface area contributed by atoms with Gasteiger partial charge in [-0.1, -0.05) is 43.3 Å². The van der Waals surface area contributed by atoms with Crippen LogP contribution in [0.3, 0.4) is 0 Å². The Balaban J connectivity index is 1.71. The highest BCUT2D eigenvalue weighted by Crippen LogP contribution is 2.39. The molecular weight excluding hydrogens is 392 g/mol. The lowest BCUT2D eigenvalue weighted by Crippen LogP contribution is -2.31. The van der Waals surface area contributed by atoms with E-state index < -0.39 is 5.41 Å². The number of benzene rings is 1. The van der Waals surface area contributed by atoms with E-state index >= 15 is 0 Å². The van der Waals surface area contributed by atoms with Crippen molar-refractivity contribution < 1.29 is 9.26 Å². The maximum absolute atomic E-state index is 5.61. The summed E-state index contributed by atoms with van der Waals surface area (Å²) >= 11 is 0. The largest absolute Gasteiger partial charge is 0.496 e. The SMILES string of the molecule is COc1ccncc1-c1nc(C(C)(c2ccc(-c3cnc(N)nc3)cc2)C(C)C)no1. The number of nitrogens with two attached hydrogens (primary N) is 1. The third-order valence-electron chi connectivity index (χ3n) is 5.77. The molecule has 1 aromatic carbocycles. The minimum absolute atomic E-state index is 0.208. The third kappa shape index (κ3) is 3.72. The highest BCUT2D eigenvalue weighted by Gasteiger charge is 2.37. The van der Waals surface area contributed by atoms with Gasteiger partial charge in [-0.3, -0.25) is 4.98 Å². The van der Waals surface area contributed by atoms with Crippen LogP contribution in [0.4, 0.5) is 5.95 Å². The van der Waals surface area contributed by atoms with Crippen molar-refractivity contribution in [2.75, 3.05) is 12.8 Å². The third-order valence-corrected chi connectivity index (χ3v) is 5.77. The fourth-order valence-corrected chi connectivity index (χ4v) is 3.48. The summed E-state index contributed by atoms with van der Waals surface area (Å²) in [4.78, 5) is 17.0. The van der Waals surface area contributed by atoms with Gasteiger partial charge in [0.15, 0.2) is 5.82 Å². The summed E-state index contributed by atoms with van der Waals surface area (Å²) < 4.78 is 11.0. The molecule has 8 heteroatoms. The second kappa shape index (κ2) is 8.14. The van der Waals surface area contributed by atoms with E-state index in [-0.39, 0.29) is 11.9 Å². The smallest absolute Gasteiger partial charge is 0.263 e. The summed E-state index contributed by atoms with van der Waals surface area (Å²) in [5.74, 6) is 2.08. The lowest BCUT2D eigenvalue weighted by atomic mass is 9.72. The van der Waals surface area contributed by atoms with E-state index in [0.717, 1.165) is 16.7 Å². The number of nitrogens with zero attached hydrogens (tertiary/aromatic N) is 5. The number of pyridine rings is 1. The predicted molar refractivity (Wildman–Crippen MR) is 117 cm³/mol. The maximum Gasteiger partial charge on any atom is 0.263 e. The van der Waals surface area contributed by atoms with Crippen molar-refractivity contribution in [1.82, 2.24) is 25.1 Å². The molecule has 0 fully saturated rings. The summed E-state index contributed by atoms with van der Waals surface area (Å²) in [7, 11) is 1.60. The Morgan fingerprint density at radius 1 is 1.00 bits per heavy atom. The van der Waals surface area contributed by atoms with Gasteiger partial charge in [0.1, 0.15) is 11.3 Å². The van der Waals surface area contributed by atoms with E-state index in [1.807, 2.05) is 12.1 Å². The van der Waals surface area contributed by atoms with Crippen LogP contribution in [0, 0.1) is 5.92 Å². The quantitative estimate of drug-likeness (QED) is 0.499. The first-order valence-electron chi connectivity index (χ1n) is 9.94. The summed E-state index contributed by atoms with van der Waals surface area (Å²) in [5.41, 5.74) is 8.77. The van der Waals surface area contributed by atoms with Crippen LogP contribution in [-0.4, -0.2) is 32.2 Å². The van der Waals surface area contributed by atoms with Gasteiger partial charge in [-0.25, -0.2) is 9.97 Å².